The summed E-state index contributed by atoms with van der Waals surface area (Å²) in [6, 6.07) is 9.28. The second kappa shape index (κ2) is 8.96. The van der Waals surface area contributed by atoms with Crippen molar-refractivity contribution < 1.29 is 9.59 Å². The topological polar surface area (TPSA) is 117 Å². The molecule has 1 aromatic carbocycles. The number of carbonyl (C=O) groups excluding carboxylic acids is 2. The molecular formula is C27H26ClN7O2. The van der Waals surface area contributed by atoms with Crippen molar-refractivity contribution in [3.8, 4) is 6.07 Å². The maximum atomic E-state index is 12.8. The molecule has 6 rings (SSSR count). The summed E-state index contributed by atoms with van der Waals surface area (Å²) in [5.41, 5.74) is 4.40. The molecule has 10 heteroatoms. The van der Waals surface area contributed by atoms with Crippen molar-refractivity contribution in [2.75, 3.05) is 11.4 Å². The van der Waals surface area contributed by atoms with Crippen molar-refractivity contribution in [3.63, 3.8) is 0 Å². The Bertz CT molecular complexity index is 1460. The fraction of sp³-hybridized carbons (Fsp3) is 0.407. The first-order chi connectivity index (χ1) is 17.8. The second-order valence-corrected chi connectivity index (χ2v) is 10.8. The molecule has 2 amide bonds. The van der Waals surface area contributed by atoms with Gasteiger partial charge in [-0.15, -0.1) is 5.10 Å². The normalized spacial score (nSPS) is 24.7. The van der Waals surface area contributed by atoms with Crippen molar-refractivity contribution >= 4 is 29.1 Å². The van der Waals surface area contributed by atoms with E-state index in [1.54, 1.807) is 29.2 Å². The van der Waals surface area contributed by atoms with Gasteiger partial charge in [0.1, 0.15) is 0 Å². The molecule has 3 aliphatic rings. The first-order valence-electron chi connectivity index (χ1n) is 12.5. The van der Waals surface area contributed by atoms with Crippen LogP contribution in [-0.2, 0) is 4.79 Å². The number of halogens is 1. The molecule has 1 aliphatic heterocycles. The minimum Gasteiger partial charge on any atom is -0.348 e. The molecule has 0 radical (unpaired) electrons. The summed E-state index contributed by atoms with van der Waals surface area (Å²) in [7, 11) is 0. The van der Waals surface area contributed by atoms with Crippen LogP contribution in [0.3, 0.4) is 0 Å². The molecule has 0 spiro atoms. The molecule has 37 heavy (non-hydrogen) atoms. The Kier molecular flexibility index (Phi) is 5.72. The standard InChI is InChI=1S/C27H26ClN7O2/c1-14-5-21(34-12-18-8-23(18)27(34)37)11-30-25(14)15(2)35-13-24(32-33-35)26(36)31-20-6-17(7-20)22-9-19(28)4-3-16(22)10-29/h3-5,9,11,13,15,17-18,20,23H,6-8,12H2,1-2H3,(H,31,36)/t15-,17-,18-,20+,23-/m1/s1. The molecule has 1 saturated heterocycles. The number of carbonyl (C=O) groups is 2. The Morgan fingerprint density at radius 1 is 1.27 bits per heavy atom. The van der Waals surface area contributed by atoms with Gasteiger partial charge in [-0.1, -0.05) is 16.8 Å². The zero-order chi connectivity index (χ0) is 25.8. The summed E-state index contributed by atoms with van der Waals surface area (Å²) < 4.78 is 1.63. The number of fused-ring (bicyclic) bond motifs is 1. The van der Waals surface area contributed by atoms with E-state index in [0.717, 1.165) is 48.3 Å². The third-order valence-electron chi connectivity index (χ3n) is 7.92. The number of amides is 2. The first-order valence-corrected chi connectivity index (χ1v) is 12.9. The number of aromatic nitrogens is 4. The zero-order valence-electron chi connectivity index (χ0n) is 20.6. The van der Waals surface area contributed by atoms with Gasteiger partial charge in [-0.25, -0.2) is 4.68 Å². The van der Waals surface area contributed by atoms with E-state index in [1.165, 1.54) is 0 Å². The molecule has 3 aromatic rings. The number of hydrogen-bond donors (Lipinski definition) is 1. The van der Waals surface area contributed by atoms with Crippen LogP contribution in [-0.4, -0.2) is 44.4 Å². The lowest BCUT2D eigenvalue weighted by atomic mass is 9.74. The van der Waals surface area contributed by atoms with Crippen molar-refractivity contribution in [1.29, 1.82) is 5.26 Å². The molecule has 2 aliphatic carbocycles. The molecule has 2 saturated carbocycles. The number of aryl methyl sites for hydroxylation is 1. The highest BCUT2D eigenvalue weighted by atomic mass is 35.5. The van der Waals surface area contributed by atoms with Gasteiger partial charge < -0.3 is 10.2 Å². The summed E-state index contributed by atoms with van der Waals surface area (Å²) in [5, 5.41) is 21.2. The van der Waals surface area contributed by atoms with Crippen LogP contribution >= 0.6 is 11.6 Å². The predicted octanol–water partition coefficient (Wildman–Crippen LogP) is 3.77. The Balaban J connectivity index is 1.08. The molecule has 9 nitrogen and oxygen atoms in total. The largest absolute Gasteiger partial charge is 0.348 e. The third kappa shape index (κ3) is 4.25. The van der Waals surface area contributed by atoms with E-state index < -0.39 is 0 Å². The Labute approximate surface area is 219 Å². The van der Waals surface area contributed by atoms with Crippen molar-refractivity contribution in [2.24, 2.45) is 11.8 Å². The first kappa shape index (κ1) is 23.6. The second-order valence-electron chi connectivity index (χ2n) is 10.4. The van der Waals surface area contributed by atoms with Gasteiger partial charge in [0.05, 0.1) is 41.4 Å². The number of hydrogen-bond acceptors (Lipinski definition) is 6. The molecule has 3 heterocycles. The number of nitrogens with one attached hydrogen (secondary N) is 1. The lowest BCUT2D eigenvalue weighted by molar-refractivity contribution is -0.118. The summed E-state index contributed by atoms with van der Waals surface area (Å²) >= 11 is 6.11. The summed E-state index contributed by atoms with van der Waals surface area (Å²) in [5.74, 6) is 0.822. The van der Waals surface area contributed by atoms with E-state index in [2.05, 4.69) is 26.7 Å². The SMILES string of the molecule is Cc1cc(N2C[C@H]3C[C@H]3C2=O)cnc1[C@@H](C)n1cc(C(=O)N[C@H]2C[C@@H](c3cc(Cl)ccc3C#N)C2)nn1. The molecule has 3 fully saturated rings. The summed E-state index contributed by atoms with van der Waals surface area (Å²) in [6.45, 7) is 4.70. The van der Waals surface area contributed by atoms with Crippen LogP contribution in [0.15, 0.2) is 36.7 Å². The van der Waals surface area contributed by atoms with Gasteiger partial charge in [-0.3, -0.25) is 14.6 Å². The number of benzene rings is 1. The Morgan fingerprint density at radius 2 is 2.08 bits per heavy atom. The maximum Gasteiger partial charge on any atom is 0.273 e. The summed E-state index contributed by atoms with van der Waals surface area (Å²) in [6.07, 6.45) is 5.87. The molecular weight excluding hydrogens is 490 g/mol. The van der Waals surface area contributed by atoms with E-state index in [9.17, 15) is 14.9 Å². The third-order valence-corrected chi connectivity index (χ3v) is 8.16. The fourth-order valence-electron chi connectivity index (χ4n) is 5.58. The number of rotatable bonds is 6. The van der Waals surface area contributed by atoms with Crippen LogP contribution in [0.5, 0.6) is 0 Å². The van der Waals surface area contributed by atoms with Gasteiger partial charge in [0, 0.05) is 23.5 Å². The summed E-state index contributed by atoms with van der Waals surface area (Å²) in [4.78, 5) is 31.7. The van der Waals surface area contributed by atoms with Crippen LogP contribution < -0.4 is 10.2 Å². The highest BCUT2D eigenvalue weighted by Gasteiger charge is 2.52. The van der Waals surface area contributed by atoms with Crippen LogP contribution in [0, 0.1) is 30.1 Å². The Hall–Kier alpha value is -3.77. The lowest BCUT2D eigenvalue weighted by Gasteiger charge is -2.36. The van der Waals surface area contributed by atoms with Gasteiger partial charge in [-0.05, 0) is 80.3 Å². The van der Waals surface area contributed by atoms with E-state index >= 15 is 0 Å². The molecule has 188 valence electrons. The van der Waals surface area contributed by atoms with Gasteiger partial charge >= 0.3 is 0 Å². The number of anilines is 1. The predicted molar refractivity (Wildman–Crippen MR) is 136 cm³/mol. The number of nitrogens with zero attached hydrogens (tertiary/aromatic N) is 6. The van der Waals surface area contributed by atoms with Crippen LogP contribution in [0.1, 0.15) is 71.0 Å². The minimum atomic E-state index is -0.278. The molecule has 0 unspecified atom stereocenters. The zero-order valence-corrected chi connectivity index (χ0v) is 21.3. The Morgan fingerprint density at radius 3 is 2.78 bits per heavy atom. The van der Waals surface area contributed by atoms with Crippen LogP contribution in [0.4, 0.5) is 5.69 Å². The van der Waals surface area contributed by atoms with Gasteiger partial charge in [0.2, 0.25) is 5.91 Å². The smallest absolute Gasteiger partial charge is 0.273 e. The average Bonchev–Trinajstić information content (AvgIpc) is 3.31. The quantitative estimate of drug-likeness (QED) is 0.534. The molecule has 3 atom stereocenters. The van der Waals surface area contributed by atoms with E-state index in [1.807, 2.05) is 30.9 Å². The van der Waals surface area contributed by atoms with Crippen molar-refractivity contribution in [2.45, 2.75) is 51.1 Å². The fourth-order valence-corrected chi connectivity index (χ4v) is 5.76. The number of pyridine rings is 1. The average molecular weight is 516 g/mol. The van der Waals surface area contributed by atoms with Gasteiger partial charge in [0.25, 0.3) is 5.91 Å². The minimum absolute atomic E-state index is 0.00129. The van der Waals surface area contributed by atoms with Crippen LogP contribution in [0.25, 0.3) is 0 Å². The monoisotopic (exact) mass is 515 g/mol. The van der Waals surface area contributed by atoms with E-state index in [4.69, 9.17) is 11.6 Å². The molecule has 2 aromatic heterocycles. The van der Waals surface area contributed by atoms with Gasteiger partial charge in [-0.2, -0.15) is 5.26 Å². The van der Waals surface area contributed by atoms with Crippen molar-refractivity contribution in [3.05, 3.63) is 69.8 Å². The van der Waals surface area contributed by atoms with Gasteiger partial charge in [0.15, 0.2) is 5.69 Å². The number of nitriles is 1. The van der Waals surface area contributed by atoms with E-state index in [-0.39, 0.29) is 41.4 Å². The van der Waals surface area contributed by atoms with Crippen molar-refractivity contribution in [1.82, 2.24) is 25.3 Å². The number of piperidine rings is 1. The molecule has 1 N–H and O–H groups in total. The lowest BCUT2D eigenvalue weighted by Crippen LogP contribution is -2.43. The maximum absolute atomic E-state index is 12.8. The highest BCUT2D eigenvalue weighted by Crippen LogP contribution is 2.47. The molecule has 0 bridgehead atoms. The van der Waals surface area contributed by atoms with E-state index in [0.29, 0.717) is 16.5 Å². The van der Waals surface area contributed by atoms with Crippen LogP contribution in [0.2, 0.25) is 5.02 Å². The highest BCUT2D eigenvalue weighted by molar-refractivity contribution is 6.30.